The Kier molecular flexibility index (Phi) is 6.52. The van der Waals surface area contributed by atoms with E-state index in [1.807, 2.05) is 48.8 Å². The molecule has 0 atom stereocenters. The van der Waals surface area contributed by atoms with Crippen LogP contribution in [-0.2, 0) is 6.54 Å². The summed E-state index contributed by atoms with van der Waals surface area (Å²) in [7, 11) is 0. The number of fused-ring (bicyclic) bond motifs is 1. The van der Waals surface area contributed by atoms with E-state index in [1.165, 1.54) is 11.3 Å². The van der Waals surface area contributed by atoms with Crippen molar-refractivity contribution in [3.8, 4) is 22.5 Å². The molecule has 1 aliphatic heterocycles. The molecule has 0 N–H and O–H groups in total. The van der Waals surface area contributed by atoms with Gasteiger partial charge in [0, 0.05) is 56.2 Å². The van der Waals surface area contributed by atoms with Gasteiger partial charge in [-0.3, -0.25) is 9.69 Å². The number of pyridine rings is 1. The normalized spacial score (nSPS) is 14.4. The molecular weight excluding hydrogens is 472 g/mol. The molecule has 1 fully saturated rings. The second-order valence-electron chi connectivity index (χ2n) is 10.1. The Bertz CT molecular complexity index is 1600. The predicted octanol–water partition coefficient (Wildman–Crippen LogP) is 5.13. The Labute approximate surface area is 222 Å². The molecule has 1 aliphatic rings. The Hall–Kier alpha value is -4.23. The molecule has 4 heterocycles. The molecule has 7 heteroatoms. The van der Waals surface area contributed by atoms with E-state index in [4.69, 9.17) is 10.2 Å². The Morgan fingerprint density at radius 1 is 0.816 bits per heavy atom. The standard InChI is InChI=1S/C31H32N6O/c1-23(2)37-29(38)14-13-27(32-37)30-28-21-26(15-16-36(28)33-31(30)25-11-7-4-8-12-25)35-19-17-34(18-20-35)22-24-9-5-3-6-10-24/h3-16,21,23H,17-20,22H2,1-2H3. The van der Waals surface area contributed by atoms with Gasteiger partial charge in [-0.15, -0.1) is 0 Å². The van der Waals surface area contributed by atoms with Gasteiger partial charge >= 0.3 is 0 Å². The number of aromatic nitrogens is 4. The molecule has 0 unspecified atom stereocenters. The van der Waals surface area contributed by atoms with Crippen LogP contribution in [-0.4, -0.2) is 50.5 Å². The minimum absolute atomic E-state index is 0.0350. The number of anilines is 1. The second-order valence-corrected chi connectivity index (χ2v) is 10.1. The third kappa shape index (κ3) is 4.73. The van der Waals surface area contributed by atoms with Crippen LogP contribution < -0.4 is 10.5 Å². The maximum Gasteiger partial charge on any atom is 0.267 e. The Balaban J connectivity index is 1.36. The molecule has 0 aliphatic carbocycles. The monoisotopic (exact) mass is 504 g/mol. The Morgan fingerprint density at radius 3 is 2.24 bits per heavy atom. The van der Waals surface area contributed by atoms with E-state index in [-0.39, 0.29) is 11.6 Å². The number of rotatable bonds is 6. The van der Waals surface area contributed by atoms with Crippen molar-refractivity contribution in [2.45, 2.75) is 26.4 Å². The second kappa shape index (κ2) is 10.3. The number of nitrogens with zero attached hydrogens (tertiary/aromatic N) is 6. The summed E-state index contributed by atoms with van der Waals surface area (Å²) in [5.74, 6) is 0. The van der Waals surface area contributed by atoms with Crippen LogP contribution in [0.4, 0.5) is 5.69 Å². The van der Waals surface area contributed by atoms with Crippen molar-refractivity contribution < 1.29 is 0 Å². The number of piperazine rings is 1. The van der Waals surface area contributed by atoms with Gasteiger partial charge < -0.3 is 4.90 Å². The summed E-state index contributed by atoms with van der Waals surface area (Å²) < 4.78 is 3.47. The zero-order chi connectivity index (χ0) is 26.1. The van der Waals surface area contributed by atoms with Crippen molar-refractivity contribution in [1.82, 2.24) is 24.3 Å². The van der Waals surface area contributed by atoms with Gasteiger partial charge in [-0.1, -0.05) is 60.7 Å². The topological polar surface area (TPSA) is 58.7 Å². The largest absolute Gasteiger partial charge is 0.369 e. The molecule has 5 aromatic rings. The number of benzene rings is 2. The fourth-order valence-corrected chi connectivity index (χ4v) is 5.22. The zero-order valence-corrected chi connectivity index (χ0v) is 21.9. The van der Waals surface area contributed by atoms with Crippen LogP contribution in [0.1, 0.15) is 25.5 Å². The maximum absolute atomic E-state index is 12.5. The van der Waals surface area contributed by atoms with Gasteiger partial charge in [0.05, 0.1) is 22.8 Å². The average Bonchev–Trinajstić information content (AvgIpc) is 3.33. The lowest BCUT2D eigenvalue weighted by molar-refractivity contribution is 0.250. The van der Waals surface area contributed by atoms with Crippen molar-refractivity contribution in [1.29, 1.82) is 0 Å². The van der Waals surface area contributed by atoms with Crippen molar-refractivity contribution in [3.63, 3.8) is 0 Å². The molecular formula is C31H32N6O. The van der Waals surface area contributed by atoms with Gasteiger partial charge in [0.2, 0.25) is 0 Å². The lowest BCUT2D eigenvalue weighted by Gasteiger charge is -2.36. The molecule has 0 spiro atoms. The first-order valence-electron chi connectivity index (χ1n) is 13.3. The van der Waals surface area contributed by atoms with E-state index >= 15 is 0 Å². The van der Waals surface area contributed by atoms with Gasteiger partial charge in [0.15, 0.2) is 0 Å². The molecule has 0 radical (unpaired) electrons. The van der Waals surface area contributed by atoms with Crippen molar-refractivity contribution in [3.05, 3.63) is 107 Å². The van der Waals surface area contributed by atoms with Crippen LogP contribution in [0.3, 0.4) is 0 Å². The summed E-state index contributed by atoms with van der Waals surface area (Å²) >= 11 is 0. The summed E-state index contributed by atoms with van der Waals surface area (Å²) in [4.78, 5) is 17.4. The fraction of sp³-hybridized carbons (Fsp3) is 0.258. The Morgan fingerprint density at radius 2 is 1.53 bits per heavy atom. The van der Waals surface area contributed by atoms with Gasteiger partial charge in [0.25, 0.3) is 5.56 Å². The highest BCUT2D eigenvalue weighted by Crippen LogP contribution is 2.35. The summed E-state index contributed by atoms with van der Waals surface area (Å²) in [6, 6.07) is 28.6. The highest BCUT2D eigenvalue weighted by atomic mass is 16.1. The van der Waals surface area contributed by atoms with Crippen LogP contribution in [0.2, 0.25) is 0 Å². The molecule has 38 heavy (non-hydrogen) atoms. The van der Waals surface area contributed by atoms with Crippen LogP contribution >= 0.6 is 0 Å². The first kappa shape index (κ1) is 24.1. The van der Waals surface area contributed by atoms with Gasteiger partial charge in [-0.25, -0.2) is 9.20 Å². The fourth-order valence-electron chi connectivity index (χ4n) is 5.22. The van der Waals surface area contributed by atoms with E-state index in [0.717, 1.165) is 60.8 Å². The highest BCUT2D eigenvalue weighted by Gasteiger charge is 2.22. The summed E-state index contributed by atoms with van der Waals surface area (Å²) in [6.45, 7) is 8.90. The van der Waals surface area contributed by atoms with Crippen molar-refractivity contribution in [2.24, 2.45) is 0 Å². The van der Waals surface area contributed by atoms with Crippen molar-refractivity contribution in [2.75, 3.05) is 31.1 Å². The van der Waals surface area contributed by atoms with E-state index in [2.05, 4.69) is 64.4 Å². The van der Waals surface area contributed by atoms with Gasteiger partial charge in [-0.2, -0.15) is 10.2 Å². The SMILES string of the molecule is CC(C)n1nc(-c2c(-c3ccccc3)nn3ccc(N4CCN(Cc5ccccc5)CC4)cc23)ccc1=O. The van der Waals surface area contributed by atoms with E-state index in [9.17, 15) is 4.79 Å². The molecule has 7 nitrogen and oxygen atoms in total. The molecule has 2 aromatic carbocycles. The maximum atomic E-state index is 12.5. The number of hydrogen-bond donors (Lipinski definition) is 0. The molecule has 1 saturated heterocycles. The third-order valence-corrected chi connectivity index (χ3v) is 7.22. The summed E-state index contributed by atoms with van der Waals surface area (Å²) in [5, 5.41) is 9.74. The van der Waals surface area contributed by atoms with Crippen LogP contribution in [0.5, 0.6) is 0 Å². The van der Waals surface area contributed by atoms with E-state index in [0.29, 0.717) is 0 Å². The first-order chi connectivity index (χ1) is 18.6. The molecule has 192 valence electrons. The summed E-state index contributed by atoms with van der Waals surface area (Å²) in [5.41, 5.74) is 6.98. The molecule has 6 rings (SSSR count). The third-order valence-electron chi connectivity index (χ3n) is 7.22. The quantitative estimate of drug-likeness (QED) is 0.321. The van der Waals surface area contributed by atoms with E-state index < -0.39 is 0 Å². The molecule has 0 amide bonds. The van der Waals surface area contributed by atoms with Crippen LogP contribution in [0, 0.1) is 0 Å². The molecule has 3 aromatic heterocycles. The van der Waals surface area contributed by atoms with Crippen LogP contribution in [0.15, 0.2) is 95.9 Å². The lowest BCUT2D eigenvalue weighted by Crippen LogP contribution is -2.46. The minimum Gasteiger partial charge on any atom is -0.369 e. The van der Waals surface area contributed by atoms with Crippen molar-refractivity contribution >= 4 is 11.2 Å². The van der Waals surface area contributed by atoms with E-state index in [1.54, 1.807) is 10.7 Å². The lowest BCUT2D eigenvalue weighted by atomic mass is 10.0. The average molecular weight is 505 g/mol. The highest BCUT2D eigenvalue weighted by molar-refractivity contribution is 5.91. The van der Waals surface area contributed by atoms with Gasteiger partial charge in [0.1, 0.15) is 5.69 Å². The first-order valence-corrected chi connectivity index (χ1v) is 13.3. The molecule has 0 bridgehead atoms. The minimum atomic E-state index is -0.101. The zero-order valence-electron chi connectivity index (χ0n) is 21.9. The number of hydrogen-bond acceptors (Lipinski definition) is 5. The predicted molar refractivity (Wildman–Crippen MR) is 152 cm³/mol. The van der Waals surface area contributed by atoms with Gasteiger partial charge in [-0.05, 0) is 37.6 Å². The smallest absolute Gasteiger partial charge is 0.267 e. The summed E-state index contributed by atoms with van der Waals surface area (Å²) in [6.07, 6.45) is 2.04. The van der Waals surface area contributed by atoms with Crippen LogP contribution in [0.25, 0.3) is 28.0 Å². The molecule has 0 saturated carbocycles.